The van der Waals surface area contributed by atoms with E-state index in [1.165, 1.54) is 24.9 Å². The summed E-state index contributed by atoms with van der Waals surface area (Å²) in [6.45, 7) is 3.09. The van der Waals surface area contributed by atoms with E-state index < -0.39 is 0 Å². The molecule has 1 aromatic rings. The monoisotopic (exact) mass is 231 g/mol. The number of nitrogens with zero attached hydrogens (tertiary/aromatic N) is 1. The van der Waals surface area contributed by atoms with Gasteiger partial charge in [0, 0.05) is 19.7 Å². The molecule has 0 unspecified atom stereocenters. The van der Waals surface area contributed by atoms with Crippen LogP contribution in [0.5, 0.6) is 0 Å². The molecule has 2 heteroatoms. The summed E-state index contributed by atoms with van der Waals surface area (Å²) < 4.78 is 5.25. The molecule has 17 heavy (non-hydrogen) atoms. The van der Waals surface area contributed by atoms with Crippen LogP contribution >= 0.6 is 0 Å². The minimum absolute atomic E-state index is 0.612. The molecule has 0 amide bonds. The van der Waals surface area contributed by atoms with Crippen molar-refractivity contribution in [3.63, 3.8) is 0 Å². The number of likely N-dealkylation sites (tertiary alicyclic amines) is 1. The summed E-state index contributed by atoms with van der Waals surface area (Å²) in [5, 5.41) is 0. The Morgan fingerprint density at radius 1 is 1.35 bits per heavy atom. The summed E-state index contributed by atoms with van der Waals surface area (Å²) >= 11 is 0. The van der Waals surface area contributed by atoms with E-state index in [2.05, 4.69) is 41.3 Å². The van der Waals surface area contributed by atoms with Gasteiger partial charge in [0.25, 0.3) is 0 Å². The summed E-state index contributed by atoms with van der Waals surface area (Å²) in [5.41, 5.74) is 1.27. The highest BCUT2D eigenvalue weighted by Crippen LogP contribution is 2.17. The predicted molar refractivity (Wildman–Crippen MR) is 71.9 cm³/mol. The molecule has 0 aliphatic carbocycles. The molecule has 1 aromatic carbocycles. The fourth-order valence-electron chi connectivity index (χ4n) is 2.40. The molecule has 0 aromatic heterocycles. The van der Waals surface area contributed by atoms with Crippen molar-refractivity contribution in [1.29, 1.82) is 0 Å². The Morgan fingerprint density at radius 3 is 2.94 bits per heavy atom. The fraction of sp³-hybridized carbons (Fsp3) is 0.467. The highest BCUT2D eigenvalue weighted by Gasteiger charge is 2.22. The van der Waals surface area contributed by atoms with Crippen molar-refractivity contribution in [2.75, 3.05) is 26.8 Å². The van der Waals surface area contributed by atoms with E-state index >= 15 is 0 Å². The zero-order chi connectivity index (χ0) is 11.9. The lowest BCUT2D eigenvalue weighted by Gasteiger charge is -2.21. The Bertz CT molecular complexity index is 347. The van der Waals surface area contributed by atoms with Crippen molar-refractivity contribution in [2.45, 2.75) is 18.9 Å². The molecular weight excluding hydrogens is 210 g/mol. The number of hydrogen-bond donors (Lipinski definition) is 0. The zero-order valence-corrected chi connectivity index (χ0v) is 10.5. The number of benzene rings is 1. The molecular formula is C15H21NO. The van der Waals surface area contributed by atoms with Crippen molar-refractivity contribution < 1.29 is 4.74 Å². The molecule has 0 saturated carbocycles. The van der Waals surface area contributed by atoms with Gasteiger partial charge in [0.05, 0.1) is 6.61 Å². The van der Waals surface area contributed by atoms with Crippen LogP contribution < -0.4 is 0 Å². The standard InChI is InChI=1S/C15H21NO/c1-17-13-15-10-6-12-16(15)11-5-9-14-7-3-2-4-8-14/h2-5,7-9,15H,6,10-13H2,1H3/b9-5+/t15-/m0/s1. The quantitative estimate of drug-likeness (QED) is 0.772. The topological polar surface area (TPSA) is 12.5 Å². The SMILES string of the molecule is COC[C@@H]1CCCN1C/C=C/c1ccccc1. The van der Waals surface area contributed by atoms with Crippen LogP contribution in [0.25, 0.3) is 6.08 Å². The van der Waals surface area contributed by atoms with Crippen LogP contribution in [0, 0.1) is 0 Å². The summed E-state index contributed by atoms with van der Waals surface area (Å²) in [4.78, 5) is 2.50. The molecule has 1 aliphatic rings. The lowest BCUT2D eigenvalue weighted by Crippen LogP contribution is -2.32. The van der Waals surface area contributed by atoms with Gasteiger partial charge < -0.3 is 4.74 Å². The van der Waals surface area contributed by atoms with E-state index in [-0.39, 0.29) is 0 Å². The van der Waals surface area contributed by atoms with Gasteiger partial charge in [-0.2, -0.15) is 0 Å². The van der Waals surface area contributed by atoms with Crippen LogP contribution in [-0.4, -0.2) is 37.7 Å². The Labute approximate surface area is 104 Å². The molecule has 0 radical (unpaired) electrons. The zero-order valence-electron chi connectivity index (χ0n) is 10.5. The maximum atomic E-state index is 5.25. The summed E-state index contributed by atoms with van der Waals surface area (Å²) in [5.74, 6) is 0. The van der Waals surface area contributed by atoms with Crippen LogP contribution in [0.2, 0.25) is 0 Å². The number of rotatable bonds is 5. The molecule has 2 nitrogen and oxygen atoms in total. The van der Waals surface area contributed by atoms with Crippen molar-refractivity contribution in [2.24, 2.45) is 0 Å². The van der Waals surface area contributed by atoms with E-state index in [1.54, 1.807) is 7.11 Å². The number of ether oxygens (including phenoxy) is 1. The summed E-state index contributed by atoms with van der Waals surface area (Å²) in [6, 6.07) is 11.1. The molecule has 0 bridgehead atoms. The maximum absolute atomic E-state index is 5.25. The first-order valence-corrected chi connectivity index (χ1v) is 6.35. The Kier molecular flexibility index (Phi) is 4.77. The van der Waals surface area contributed by atoms with Gasteiger partial charge in [-0.05, 0) is 24.9 Å². The first-order valence-electron chi connectivity index (χ1n) is 6.35. The van der Waals surface area contributed by atoms with Gasteiger partial charge >= 0.3 is 0 Å². The number of hydrogen-bond acceptors (Lipinski definition) is 2. The molecule has 1 aliphatic heterocycles. The average molecular weight is 231 g/mol. The molecule has 0 spiro atoms. The minimum Gasteiger partial charge on any atom is -0.383 e. The normalized spacial score (nSPS) is 21.4. The van der Waals surface area contributed by atoms with E-state index in [0.717, 1.165) is 13.2 Å². The third-order valence-corrected chi connectivity index (χ3v) is 3.31. The van der Waals surface area contributed by atoms with Gasteiger partial charge in [-0.1, -0.05) is 42.5 Å². The molecule has 1 saturated heterocycles. The summed E-state index contributed by atoms with van der Waals surface area (Å²) in [6.07, 6.45) is 7.02. The molecule has 92 valence electrons. The van der Waals surface area contributed by atoms with Gasteiger partial charge in [-0.25, -0.2) is 0 Å². The van der Waals surface area contributed by atoms with Crippen molar-refractivity contribution >= 4 is 6.08 Å². The Hall–Kier alpha value is -1.12. The largest absolute Gasteiger partial charge is 0.383 e. The second-order valence-corrected chi connectivity index (χ2v) is 4.56. The smallest absolute Gasteiger partial charge is 0.0618 e. The Morgan fingerprint density at radius 2 is 2.18 bits per heavy atom. The van der Waals surface area contributed by atoms with Crippen LogP contribution in [0.4, 0.5) is 0 Å². The van der Waals surface area contributed by atoms with Crippen molar-refractivity contribution in [1.82, 2.24) is 4.90 Å². The van der Waals surface area contributed by atoms with Crippen LogP contribution in [0.1, 0.15) is 18.4 Å². The van der Waals surface area contributed by atoms with Gasteiger partial charge in [0.15, 0.2) is 0 Å². The summed E-state index contributed by atoms with van der Waals surface area (Å²) in [7, 11) is 1.79. The van der Waals surface area contributed by atoms with E-state index in [4.69, 9.17) is 4.74 Å². The lowest BCUT2D eigenvalue weighted by atomic mass is 10.2. The van der Waals surface area contributed by atoms with Crippen molar-refractivity contribution in [3.05, 3.63) is 42.0 Å². The second kappa shape index (κ2) is 6.58. The van der Waals surface area contributed by atoms with Crippen LogP contribution in [0.15, 0.2) is 36.4 Å². The Balaban J connectivity index is 1.83. The first kappa shape index (κ1) is 12.3. The second-order valence-electron chi connectivity index (χ2n) is 4.56. The molecule has 1 heterocycles. The van der Waals surface area contributed by atoms with Gasteiger partial charge in [0.2, 0.25) is 0 Å². The fourth-order valence-corrected chi connectivity index (χ4v) is 2.40. The van der Waals surface area contributed by atoms with Gasteiger partial charge in [0.1, 0.15) is 0 Å². The molecule has 2 rings (SSSR count). The average Bonchev–Trinajstić information content (AvgIpc) is 2.79. The van der Waals surface area contributed by atoms with Gasteiger partial charge in [-0.3, -0.25) is 4.90 Å². The third-order valence-electron chi connectivity index (χ3n) is 3.31. The minimum atomic E-state index is 0.612. The maximum Gasteiger partial charge on any atom is 0.0618 e. The van der Waals surface area contributed by atoms with E-state index in [0.29, 0.717) is 6.04 Å². The highest BCUT2D eigenvalue weighted by atomic mass is 16.5. The lowest BCUT2D eigenvalue weighted by molar-refractivity contribution is 0.122. The molecule has 1 fully saturated rings. The number of methoxy groups -OCH3 is 1. The van der Waals surface area contributed by atoms with E-state index in [1.807, 2.05) is 6.07 Å². The molecule has 1 atom stereocenters. The van der Waals surface area contributed by atoms with Gasteiger partial charge in [-0.15, -0.1) is 0 Å². The third kappa shape index (κ3) is 3.69. The highest BCUT2D eigenvalue weighted by molar-refractivity contribution is 5.48. The van der Waals surface area contributed by atoms with E-state index in [9.17, 15) is 0 Å². The van der Waals surface area contributed by atoms with Crippen LogP contribution in [0.3, 0.4) is 0 Å². The van der Waals surface area contributed by atoms with Crippen molar-refractivity contribution in [3.8, 4) is 0 Å². The predicted octanol–water partition coefficient (Wildman–Crippen LogP) is 2.81. The first-order chi connectivity index (χ1) is 8.40. The van der Waals surface area contributed by atoms with Crippen LogP contribution in [-0.2, 0) is 4.74 Å². The molecule has 0 N–H and O–H groups in total.